The highest BCUT2D eigenvalue weighted by molar-refractivity contribution is 5.96. The minimum absolute atomic E-state index is 0.103. The number of hydrogen-bond donors (Lipinski definition) is 2. The quantitative estimate of drug-likeness (QED) is 0.832. The molecular formula is C13H17FN2O2. The highest BCUT2D eigenvalue weighted by Crippen LogP contribution is 2.08. The first-order valence-corrected chi connectivity index (χ1v) is 5.85. The van der Waals surface area contributed by atoms with Gasteiger partial charge in [0, 0.05) is 12.1 Å². The topological polar surface area (TPSA) is 58.2 Å². The highest BCUT2D eigenvalue weighted by atomic mass is 19.1. The van der Waals surface area contributed by atoms with Crippen molar-refractivity contribution in [2.75, 3.05) is 13.1 Å². The van der Waals surface area contributed by atoms with Gasteiger partial charge in [-0.3, -0.25) is 9.59 Å². The smallest absolute Gasteiger partial charge is 0.251 e. The van der Waals surface area contributed by atoms with Crippen LogP contribution in [0.2, 0.25) is 0 Å². The predicted octanol–water partition coefficient (Wildman–Crippen LogP) is 1.39. The van der Waals surface area contributed by atoms with E-state index in [-0.39, 0.29) is 18.0 Å². The summed E-state index contributed by atoms with van der Waals surface area (Å²) < 4.78 is 13.2. The number of amides is 2. The average molecular weight is 252 g/mol. The largest absolute Gasteiger partial charge is 0.355 e. The Kier molecular flexibility index (Phi) is 5.30. The second kappa shape index (κ2) is 6.74. The number of carbonyl (C=O) groups is 2. The molecule has 0 spiro atoms. The Morgan fingerprint density at radius 3 is 2.61 bits per heavy atom. The Morgan fingerprint density at radius 2 is 2.00 bits per heavy atom. The number of hydrogen-bond acceptors (Lipinski definition) is 2. The van der Waals surface area contributed by atoms with Crippen molar-refractivity contribution >= 4 is 11.8 Å². The second-order valence-electron chi connectivity index (χ2n) is 4.00. The van der Waals surface area contributed by atoms with E-state index in [1.165, 1.54) is 12.1 Å². The lowest BCUT2D eigenvalue weighted by atomic mass is 10.1. The number of nitrogens with one attached hydrogen (secondary N) is 2. The van der Waals surface area contributed by atoms with Gasteiger partial charge in [-0.1, -0.05) is 13.0 Å². The summed E-state index contributed by atoms with van der Waals surface area (Å²) in [4.78, 5) is 22.9. The molecule has 0 aliphatic heterocycles. The average Bonchev–Trinajstić information content (AvgIpc) is 2.36. The van der Waals surface area contributed by atoms with Crippen LogP contribution >= 0.6 is 0 Å². The SMILES string of the molecule is CCCNC(=O)CNC(=O)c1ccc(C)c(F)c1. The van der Waals surface area contributed by atoms with E-state index in [2.05, 4.69) is 10.6 Å². The molecule has 0 saturated carbocycles. The van der Waals surface area contributed by atoms with Gasteiger partial charge in [0.25, 0.3) is 5.91 Å². The molecule has 4 nitrogen and oxygen atoms in total. The molecule has 0 aromatic heterocycles. The Bertz CT molecular complexity index is 447. The Morgan fingerprint density at radius 1 is 1.28 bits per heavy atom. The maximum atomic E-state index is 13.2. The fourth-order valence-corrected chi connectivity index (χ4v) is 1.32. The van der Waals surface area contributed by atoms with Crippen LogP contribution in [0.1, 0.15) is 29.3 Å². The predicted molar refractivity (Wildman–Crippen MR) is 66.8 cm³/mol. The molecule has 1 aromatic carbocycles. The van der Waals surface area contributed by atoms with E-state index >= 15 is 0 Å². The number of halogens is 1. The van der Waals surface area contributed by atoms with Gasteiger partial charge in [-0.15, -0.1) is 0 Å². The van der Waals surface area contributed by atoms with Gasteiger partial charge in [-0.05, 0) is 31.0 Å². The molecule has 0 bridgehead atoms. The van der Waals surface area contributed by atoms with Crippen molar-refractivity contribution in [3.63, 3.8) is 0 Å². The third-order valence-electron chi connectivity index (χ3n) is 2.42. The lowest BCUT2D eigenvalue weighted by Gasteiger charge is -2.06. The molecule has 0 unspecified atom stereocenters. The minimum atomic E-state index is -0.458. The molecular weight excluding hydrogens is 235 g/mol. The van der Waals surface area contributed by atoms with E-state index < -0.39 is 11.7 Å². The zero-order valence-electron chi connectivity index (χ0n) is 10.5. The number of aryl methyl sites for hydroxylation is 1. The van der Waals surface area contributed by atoms with Gasteiger partial charge >= 0.3 is 0 Å². The molecule has 18 heavy (non-hydrogen) atoms. The summed E-state index contributed by atoms with van der Waals surface area (Å²) in [5, 5.41) is 5.07. The molecule has 2 amide bonds. The van der Waals surface area contributed by atoms with Gasteiger partial charge in [0.15, 0.2) is 0 Å². The summed E-state index contributed by atoms with van der Waals surface area (Å²) in [7, 11) is 0. The molecule has 0 fully saturated rings. The summed E-state index contributed by atoms with van der Waals surface area (Å²) in [5.41, 5.74) is 0.689. The van der Waals surface area contributed by atoms with E-state index in [0.29, 0.717) is 12.1 Å². The summed E-state index contributed by atoms with van der Waals surface area (Å²) in [6, 6.07) is 4.22. The molecule has 0 atom stereocenters. The summed E-state index contributed by atoms with van der Waals surface area (Å²) in [5.74, 6) is -1.14. The van der Waals surface area contributed by atoms with Gasteiger partial charge in [0.1, 0.15) is 5.82 Å². The normalized spacial score (nSPS) is 9.94. The number of rotatable bonds is 5. The van der Waals surface area contributed by atoms with Gasteiger partial charge in [-0.25, -0.2) is 4.39 Å². The zero-order valence-corrected chi connectivity index (χ0v) is 10.5. The monoisotopic (exact) mass is 252 g/mol. The molecule has 0 aliphatic carbocycles. The van der Waals surface area contributed by atoms with Crippen molar-refractivity contribution in [2.24, 2.45) is 0 Å². The first kappa shape index (κ1) is 14.2. The molecule has 0 radical (unpaired) electrons. The van der Waals surface area contributed by atoms with Crippen LogP contribution in [-0.2, 0) is 4.79 Å². The number of benzene rings is 1. The Labute approximate surface area is 106 Å². The van der Waals surface area contributed by atoms with Crippen LogP contribution < -0.4 is 10.6 Å². The Balaban J connectivity index is 2.50. The van der Waals surface area contributed by atoms with Crippen molar-refractivity contribution < 1.29 is 14.0 Å². The van der Waals surface area contributed by atoms with Crippen molar-refractivity contribution in [3.8, 4) is 0 Å². The van der Waals surface area contributed by atoms with Gasteiger partial charge in [0.2, 0.25) is 5.91 Å². The lowest BCUT2D eigenvalue weighted by Crippen LogP contribution is -2.37. The van der Waals surface area contributed by atoms with Gasteiger partial charge in [-0.2, -0.15) is 0 Å². The molecule has 0 saturated heterocycles. The lowest BCUT2D eigenvalue weighted by molar-refractivity contribution is -0.120. The summed E-state index contributed by atoms with van der Waals surface area (Å²) in [6.45, 7) is 4.03. The van der Waals surface area contributed by atoms with Crippen molar-refractivity contribution in [1.82, 2.24) is 10.6 Å². The van der Waals surface area contributed by atoms with E-state index in [4.69, 9.17) is 0 Å². The zero-order chi connectivity index (χ0) is 13.5. The Hall–Kier alpha value is -1.91. The van der Waals surface area contributed by atoms with Crippen LogP contribution in [0.25, 0.3) is 0 Å². The maximum Gasteiger partial charge on any atom is 0.251 e. The van der Waals surface area contributed by atoms with Crippen molar-refractivity contribution in [1.29, 1.82) is 0 Å². The van der Waals surface area contributed by atoms with Crippen molar-refractivity contribution in [2.45, 2.75) is 20.3 Å². The molecule has 2 N–H and O–H groups in total. The van der Waals surface area contributed by atoms with Crippen LogP contribution in [0.3, 0.4) is 0 Å². The van der Waals surface area contributed by atoms with Crippen LogP contribution in [0.4, 0.5) is 4.39 Å². The van der Waals surface area contributed by atoms with Crippen LogP contribution in [-0.4, -0.2) is 24.9 Å². The van der Waals surface area contributed by atoms with Crippen LogP contribution in [0, 0.1) is 12.7 Å². The van der Waals surface area contributed by atoms with Gasteiger partial charge < -0.3 is 10.6 Å². The molecule has 5 heteroatoms. The molecule has 1 rings (SSSR count). The fraction of sp³-hybridized carbons (Fsp3) is 0.385. The van der Waals surface area contributed by atoms with Gasteiger partial charge in [0.05, 0.1) is 6.54 Å². The highest BCUT2D eigenvalue weighted by Gasteiger charge is 2.09. The molecule has 0 aliphatic rings. The van der Waals surface area contributed by atoms with Crippen LogP contribution in [0.15, 0.2) is 18.2 Å². The van der Waals surface area contributed by atoms with E-state index in [0.717, 1.165) is 12.5 Å². The summed E-state index contributed by atoms with van der Waals surface area (Å²) >= 11 is 0. The first-order valence-electron chi connectivity index (χ1n) is 5.85. The van der Waals surface area contributed by atoms with Crippen LogP contribution in [0.5, 0.6) is 0 Å². The standard InChI is InChI=1S/C13H17FN2O2/c1-3-6-15-12(17)8-16-13(18)10-5-4-9(2)11(14)7-10/h4-5,7H,3,6,8H2,1-2H3,(H,15,17)(H,16,18). The third kappa shape index (κ3) is 4.16. The third-order valence-corrected chi connectivity index (χ3v) is 2.42. The number of carbonyl (C=O) groups excluding carboxylic acids is 2. The first-order chi connectivity index (χ1) is 8.54. The fourth-order valence-electron chi connectivity index (χ4n) is 1.32. The molecule has 98 valence electrons. The van der Waals surface area contributed by atoms with E-state index in [9.17, 15) is 14.0 Å². The molecule has 0 heterocycles. The maximum absolute atomic E-state index is 13.2. The summed E-state index contributed by atoms with van der Waals surface area (Å²) in [6.07, 6.45) is 0.836. The van der Waals surface area contributed by atoms with E-state index in [1.54, 1.807) is 6.92 Å². The molecule has 1 aromatic rings. The minimum Gasteiger partial charge on any atom is -0.355 e. The van der Waals surface area contributed by atoms with E-state index in [1.807, 2.05) is 6.92 Å². The second-order valence-corrected chi connectivity index (χ2v) is 4.00. The van der Waals surface area contributed by atoms with Crippen molar-refractivity contribution in [3.05, 3.63) is 35.1 Å².